The lowest BCUT2D eigenvalue weighted by Crippen LogP contribution is -2.14. The second-order valence-corrected chi connectivity index (χ2v) is 4.11. The summed E-state index contributed by atoms with van der Waals surface area (Å²) in [5.41, 5.74) is 1.49. The van der Waals surface area contributed by atoms with E-state index < -0.39 is 0 Å². The fourth-order valence-corrected chi connectivity index (χ4v) is 2.14. The third-order valence-corrected chi connectivity index (χ3v) is 2.86. The Hall–Kier alpha value is -0.820. The maximum atomic E-state index is 2.42. The topological polar surface area (TPSA) is 3.24 Å². The van der Waals surface area contributed by atoms with E-state index in [1.165, 1.54) is 31.5 Å². The summed E-state index contributed by atoms with van der Waals surface area (Å²) in [6.45, 7) is 6.55. The van der Waals surface area contributed by atoms with Gasteiger partial charge in [-0.25, -0.2) is 0 Å². The standard InChI is InChI=1S/C12H17N.C2H6/c1-13-8-7-12(10-13)9-11-5-3-2-4-6-11;1-2/h2-6,12H,7-10H2,1H3;1-2H3. The van der Waals surface area contributed by atoms with E-state index in [4.69, 9.17) is 0 Å². The lowest BCUT2D eigenvalue weighted by molar-refractivity contribution is 0.394. The van der Waals surface area contributed by atoms with E-state index in [-0.39, 0.29) is 0 Å². The molecule has 1 nitrogen and oxygen atoms in total. The Kier molecular flexibility index (Phi) is 5.41. The first-order valence-electron chi connectivity index (χ1n) is 6.07. The van der Waals surface area contributed by atoms with E-state index in [1.54, 1.807) is 0 Å². The molecule has 0 amide bonds. The highest BCUT2D eigenvalue weighted by Crippen LogP contribution is 2.18. The fourth-order valence-electron chi connectivity index (χ4n) is 2.14. The summed E-state index contributed by atoms with van der Waals surface area (Å²) >= 11 is 0. The van der Waals surface area contributed by atoms with Crippen LogP contribution in [0.25, 0.3) is 0 Å². The van der Waals surface area contributed by atoms with Crippen LogP contribution in [0.1, 0.15) is 25.8 Å². The summed E-state index contributed by atoms with van der Waals surface area (Å²) in [6, 6.07) is 10.8. The molecule has 1 heterocycles. The van der Waals surface area contributed by atoms with Crippen LogP contribution in [-0.2, 0) is 6.42 Å². The molecule has 1 heteroatoms. The van der Waals surface area contributed by atoms with E-state index in [9.17, 15) is 0 Å². The Morgan fingerprint density at radius 3 is 2.40 bits per heavy atom. The van der Waals surface area contributed by atoms with Crippen LogP contribution in [0.15, 0.2) is 30.3 Å². The van der Waals surface area contributed by atoms with Gasteiger partial charge in [-0.15, -0.1) is 0 Å². The Bertz CT molecular complexity index is 255. The lowest BCUT2D eigenvalue weighted by Gasteiger charge is -2.09. The molecule has 1 aromatic carbocycles. The van der Waals surface area contributed by atoms with Gasteiger partial charge in [0.1, 0.15) is 0 Å². The van der Waals surface area contributed by atoms with Gasteiger partial charge >= 0.3 is 0 Å². The largest absolute Gasteiger partial charge is 0.306 e. The summed E-state index contributed by atoms with van der Waals surface area (Å²) in [5.74, 6) is 0.882. The first kappa shape index (κ1) is 12.3. The predicted octanol–water partition coefficient (Wildman–Crippen LogP) is 3.21. The first-order valence-corrected chi connectivity index (χ1v) is 6.07. The first-order chi connectivity index (χ1) is 7.34. The van der Waals surface area contributed by atoms with Crippen molar-refractivity contribution in [2.45, 2.75) is 26.7 Å². The summed E-state index contributed by atoms with van der Waals surface area (Å²) in [4.78, 5) is 2.42. The van der Waals surface area contributed by atoms with Gasteiger partial charge in [0.2, 0.25) is 0 Å². The number of nitrogens with zero attached hydrogens (tertiary/aromatic N) is 1. The second kappa shape index (κ2) is 6.62. The van der Waals surface area contributed by atoms with Crippen LogP contribution in [0, 0.1) is 5.92 Å². The van der Waals surface area contributed by atoms with E-state index in [1.807, 2.05) is 13.8 Å². The van der Waals surface area contributed by atoms with Crippen molar-refractivity contribution in [1.82, 2.24) is 4.90 Å². The zero-order valence-electron chi connectivity index (χ0n) is 10.2. The summed E-state index contributed by atoms with van der Waals surface area (Å²) in [6.07, 6.45) is 2.62. The van der Waals surface area contributed by atoms with Crippen LogP contribution in [-0.4, -0.2) is 25.0 Å². The minimum atomic E-state index is 0.882. The molecule has 0 aromatic heterocycles. The number of likely N-dealkylation sites (tertiary alicyclic amines) is 1. The van der Waals surface area contributed by atoms with Crippen molar-refractivity contribution in [2.75, 3.05) is 20.1 Å². The smallest absolute Gasteiger partial charge is 0.00103 e. The molecule has 1 fully saturated rings. The van der Waals surface area contributed by atoms with Crippen LogP contribution >= 0.6 is 0 Å². The highest BCUT2D eigenvalue weighted by atomic mass is 15.1. The van der Waals surface area contributed by atoms with Crippen molar-refractivity contribution in [1.29, 1.82) is 0 Å². The normalized spacial score (nSPS) is 20.9. The Balaban J connectivity index is 0.000000531. The van der Waals surface area contributed by atoms with Crippen molar-refractivity contribution in [2.24, 2.45) is 5.92 Å². The van der Waals surface area contributed by atoms with E-state index >= 15 is 0 Å². The van der Waals surface area contributed by atoms with Crippen molar-refractivity contribution >= 4 is 0 Å². The Morgan fingerprint density at radius 2 is 1.87 bits per heavy atom. The van der Waals surface area contributed by atoms with Gasteiger partial charge in [-0.3, -0.25) is 0 Å². The fraction of sp³-hybridized carbons (Fsp3) is 0.571. The minimum Gasteiger partial charge on any atom is -0.306 e. The zero-order chi connectivity index (χ0) is 11.1. The number of rotatable bonds is 2. The molecular weight excluding hydrogens is 182 g/mol. The molecule has 15 heavy (non-hydrogen) atoms. The molecule has 1 aliphatic heterocycles. The molecule has 0 N–H and O–H groups in total. The molecule has 0 saturated carbocycles. The lowest BCUT2D eigenvalue weighted by atomic mass is 9.99. The molecule has 1 unspecified atom stereocenters. The van der Waals surface area contributed by atoms with E-state index in [0.29, 0.717) is 0 Å². The Labute approximate surface area is 94.1 Å². The van der Waals surface area contributed by atoms with Gasteiger partial charge in [0, 0.05) is 6.54 Å². The molecule has 1 aliphatic rings. The van der Waals surface area contributed by atoms with Crippen LogP contribution in [0.5, 0.6) is 0 Å². The van der Waals surface area contributed by atoms with Crippen molar-refractivity contribution < 1.29 is 0 Å². The minimum absolute atomic E-state index is 0.882. The Morgan fingerprint density at radius 1 is 1.20 bits per heavy atom. The third-order valence-electron chi connectivity index (χ3n) is 2.86. The highest BCUT2D eigenvalue weighted by molar-refractivity contribution is 5.15. The van der Waals surface area contributed by atoms with Crippen LogP contribution in [0.2, 0.25) is 0 Å². The van der Waals surface area contributed by atoms with Gasteiger partial charge in [-0.05, 0) is 37.9 Å². The number of benzene rings is 1. The van der Waals surface area contributed by atoms with Crippen molar-refractivity contribution in [3.63, 3.8) is 0 Å². The van der Waals surface area contributed by atoms with Gasteiger partial charge < -0.3 is 4.90 Å². The number of hydrogen-bond donors (Lipinski definition) is 0. The average molecular weight is 205 g/mol. The SMILES string of the molecule is CC.CN1CCC(Cc2ccccc2)C1. The van der Waals surface area contributed by atoms with Crippen LogP contribution in [0.4, 0.5) is 0 Å². The molecule has 0 aliphatic carbocycles. The number of hydrogen-bond acceptors (Lipinski definition) is 1. The zero-order valence-corrected chi connectivity index (χ0v) is 10.2. The van der Waals surface area contributed by atoms with E-state index in [2.05, 4.69) is 42.3 Å². The van der Waals surface area contributed by atoms with Gasteiger partial charge in [-0.1, -0.05) is 44.2 Å². The molecule has 0 bridgehead atoms. The third kappa shape index (κ3) is 4.05. The van der Waals surface area contributed by atoms with Crippen LogP contribution < -0.4 is 0 Å². The van der Waals surface area contributed by atoms with Crippen molar-refractivity contribution in [3.05, 3.63) is 35.9 Å². The molecule has 1 saturated heterocycles. The monoisotopic (exact) mass is 205 g/mol. The summed E-state index contributed by atoms with van der Waals surface area (Å²) < 4.78 is 0. The predicted molar refractivity (Wildman–Crippen MR) is 67.1 cm³/mol. The summed E-state index contributed by atoms with van der Waals surface area (Å²) in [5, 5.41) is 0. The van der Waals surface area contributed by atoms with Crippen molar-refractivity contribution in [3.8, 4) is 0 Å². The molecule has 0 radical (unpaired) electrons. The molecule has 84 valence electrons. The van der Waals surface area contributed by atoms with Gasteiger partial charge in [-0.2, -0.15) is 0 Å². The average Bonchev–Trinajstić information content (AvgIpc) is 2.68. The molecule has 1 aromatic rings. The maximum absolute atomic E-state index is 2.42. The molecule has 2 rings (SSSR count). The van der Waals surface area contributed by atoms with Crippen LogP contribution in [0.3, 0.4) is 0 Å². The molecule has 1 atom stereocenters. The van der Waals surface area contributed by atoms with Gasteiger partial charge in [0.15, 0.2) is 0 Å². The highest BCUT2D eigenvalue weighted by Gasteiger charge is 2.18. The summed E-state index contributed by atoms with van der Waals surface area (Å²) in [7, 11) is 2.21. The quantitative estimate of drug-likeness (QED) is 0.716. The second-order valence-electron chi connectivity index (χ2n) is 4.11. The molecular formula is C14H23N. The van der Waals surface area contributed by atoms with Gasteiger partial charge in [0.25, 0.3) is 0 Å². The van der Waals surface area contributed by atoms with Gasteiger partial charge in [0.05, 0.1) is 0 Å². The maximum Gasteiger partial charge on any atom is 0.00103 e. The molecule has 0 spiro atoms. The van der Waals surface area contributed by atoms with E-state index in [0.717, 1.165) is 5.92 Å².